The van der Waals surface area contributed by atoms with Crippen LogP contribution in [0.25, 0.3) is 0 Å². The third kappa shape index (κ3) is 3.01. The van der Waals surface area contributed by atoms with E-state index in [-0.39, 0.29) is 0 Å². The molecule has 2 nitrogen and oxygen atoms in total. The van der Waals surface area contributed by atoms with Crippen LogP contribution in [0.5, 0.6) is 0 Å². The fourth-order valence-electron chi connectivity index (χ4n) is 3.14. The van der Waals surface area contributed by atoms with Gasteiger partial charge in [0.2, 0.25) is 0 Å². The van der Waals surface area contributed by atoms with E-state index >= 15 is 0 Å². The van der Waals surface area contributed by atoms with Gasteiger partial charge in [-0.3, -0.25) is 0 Å². The Morgan fingerprint density at radius 3 is 2.18 bits per heavy atom. The van der Waals surface area contributed by atoms with Gasteiger partial charge < -0.3 is 10.6 Å². The molecule has 1 fully saturated rings. The molecule has 0 saturated heterocycles. The number of hydrogen-bond donors (Lipinski definition) is 1. The molecule has 94 valence electrons. The van der Waals surface area contributed by atoms with Crippen molar-refractivity contribution in [3.8, 4) is 0 Å². The maximum atomic E-state index is 5.77. The van der Waals surface area contributed by atoms with E-state index in [4.69, 9.17) is 5.73 Å². The van der Waals surface area contributed by atoms with Crippen LogP contribution < -0.4 is 5.73 Å². The highest BCUT2D eigenvalue weighted by molar-refractivity contribution is 5.40. The van der Waals surface area contributed by atoms with Crippen LogP contribution in [0.2, 0.25) is 0 Å². The van der Waals surface area contributed by atoms with Crippen molar-refractivity contribution in [1.82, 2.24) is 4.90 Å². The first-order valence-corrected chi connectivity index (χ1v) is 6.70. The smallest absolute Gasteiger partial charge is 0.0370 e. The van der Waals surface area contributed by atoms with Gasteiger partial charge in [0.05, 0.1) is 0 Å². The van der Waals surface area contributed by atoms with E-state index in [1.54, 1.807) is 0 Å². The van der Waals surface area contributed by atoms with E-state index in [0.29, 0.717) is 6.04 Å². The fourth-order valence-corrected chi connectivity index (χ4v) is 3.14. The van der Waals surface area contributed by atoms with Crippen molar-refractivity contribution >= 4 is 5.69 Å². The predicted molar refractivity (Wildman–Crippen MR) is 73.9 cm³/mol. The van der Waals surface area contributed by atoms with E-state index in [9.17, 15) is 0 Å². The van der Waals surface area contributed by atoms with Gasteiger partial charge in [0, 0.05) is 11.7 Å². The number of rotatable bonds is 3. The van der Waals surface area contributed by atoms with Crippen molar-refractivity contribution in [2.75, 3.05) is 19.8 Å². The largest absolute Gasteiger partial charge is 0.399 e. The first-order valence-electron chi connectivity index (χ1n) is 6.70. The lowest BCUT2D eigenvalue weighted by atomic mass is 9.80. The van der Waals surface area contributed by atoms with Gasteiger partial charge in [0.15, 0.2) is 0 Å². The number of nitrogens with zero attached hydrogens (tertiary/aromatic N) is 1. The molecular weight excluding hydrogens is 208 g/mol. The van der Waals surface area contributed by atoms with Crippen LogP contribution in [0.3, 0.4) is 0 Å². The van der Waals surface area contributed by atoms with Crippen LogP contribution in [0.1, 0.15) is 43.7 Å². The summed E-state index contributed by atoms with van der Waals surface area (Å²) in [5, 5.41) is 0. The zero-order valence-corrected chi connectivity index (χ0v) is 11.0. The second kappa shape index (κ2) is 5.54. The normalized spacial score (nSPS) is 19.5. The Hall–Kier alpha value is -1.02. The third-order valence-corrected chi connectivity index (χ3v) is 3.93. The Morgan fingerprint density at radius 2 is 1.65 bits per heavy atom. The van der Waals surface area contributed by atoms with Crippen LogP contribution in [0.15, 0.2) is 24.3 Å². The molecule has 17 heavy (non-hydrogen) atoms. The molecule has 1 atom stereocenters. The minimum Gasteiger partial charge on any atom is -0.399 e. The van der Waals surface area contributed by atoms with Crippen LogP contribution in [0.4, 0.5) is 5.69 Å². The van der Waals surface area contributed by atoms with Gasteiger partial charge in [-0.1, -0.05) is 31.4 Å². The summed E-state index contributed by atoms with van der Waals surface area (Å²) in [5.74, 6) is 0.808. The van der Waals surface area contributed by atoms with Gasteiger partial charge in [-0.05, 0) is 50.6 Å². The molecule has 0 aromatic heterocycles. The van der Waals surface area contributed by atoms with E-state index in [1.807, 2.05) is 12.1 Å². The van der Waals surface area contributed by atoms with Crippen molar-refractivity contribution in [3.05, 3.63) is 29.8 Å². The molecule has 0 radical (unpaired) electrons. The molecule has 1 aromatic carbocycles. The topological polar surface area (TPSA) is 29.3 Å². The Kier molecular flexibility index (Phi) is 4.06. The number of nitrogen functional groups attached to an aromatic ring is 1. The lowest BCUT2D eigenvalue weighted by Gasteiger charge is -2.35. The van der Waals surface area contributed by atoms with Crippen LogP contribution in [-0.4, -0.2) is 19.0 Å². The summed E-state index contributed by atoms with van der Waals surface area (Å²) in [5.41, 5.74) is 8.04. The summed E-state index contributed by atoms with van der Waals surface area (Å²) in [6.07, 6.45) is 6.94. The summed E-state index contributed by atoms with van der Waals surface area (Å²) in [6, 6.07) is 8.97. The van der Waals surface area contributed by atoms with Crippen molar-refractivity contribution in [2.24, 2.45) is 5.92 Å². The van der Waals surface area contributed by atoms with Crippen molar-refractivity contribution in [1.29, 1.82) is 0 Å². The highest BCUT2D eigenvalue weighted by Gasteiger charge is 2.26. The fraction of sp³-hybridized carbons (Fsp3) is 0.600. The minimum absolute atomic E-state index is 0.552. The average molecular weight is 232 g/mol. The Labute approximate surface area is 105 Å². The number of hydrogen-bond acceptors (Lipinski definition) is 2. The third-order valence-electron chi connectivity index (χ3n) is 3.93. The molecule has 2 rings (SSSR count). The van der Waals surface area contributed by atoms with Crippen LogP contribution >= 0.6 is 0 Å². The summed E-state index contributed by atoms with van der Waals surface area (Å²) in [7, 11) is 4.38. The van der Waals surface area contributed by atoms with Gasteiger partial charge in [0.25, 0.3) is 0 Å². The molecule has 1 aliphatic carbocycles. The lowest BCUT2D eigenvalue weighted by molar-refractivity contribution is 0.171. The van der Waals surface area contributed by atoms with E-state index < -0.39 is 0 Å². The molecule has 2 N–H and O–H groups in total. The number of nitrogens with two attached hydrogens (primary N) is 1. The Balaban J connectivity index is 2.18. The first-order chi connectivity index (χ1) is 8.18. The van der Waals surface area contributed by atoms with Gasteiger partial charge in [-0.2, -0.15) is 0 Å². The monoisotopic (exact) mass is 232 g/mol. The quantitative estimate of drug-likeness (QED) is 0.809. The van der Waals surface area contributed by atoms with Gasteiger partial charge >= 0.3 is 0 Å². The van der Waals surface area contributed by atoms with E-state index in [1.165, 1.54) is 37.7 Å². The van der Waals surface area contributed by atoms with Gasteiger partial charge in [-0.25, -0.2) is 0 Å². The van der Waals surface area contributed by atoms with Gasteiger partial charge in [0.1, 0.15) is 0 Å². The molecule has 0 aliphatic heterocycles. The van der Waals surface area contributed by atoms with Crippen molar-refractivity contribution in [2.45, 2.75) is 38.1 Å². The van der Waals surface area contributed by atoms with E-state index in [2.05, 4.69) is 31.1 Å². The first kappa shape index (κ1) is 12.4. The van der Waals surface area contributed by atoms with Crippen molar-refractivity contribution < 1.29 is 0 Å². The maximum absolute atomic E-state index is 5.77. The molecule has 1 saturated carbocycles. The van der Waals surface area contributed by atoms with Gasteiger partial charge in [-0.15, -0.1) is 0 Å². The molecule has 1 unspecified atom stereocenters. The predicted octanol–water partition coefficient (Wildman–Crippen LogP) is 3.45. The number of benzene rings is 1. The SMILES string of the molecule is CN(C)C(c1ccc(N)cc1)C1CCCCC1. The zero-order chi connectivity index (χ0) is 12.3. The summed E-state index contributed by atoms with van der Waals surface area (Å²) < 4.78 is 0. The molecule has 2 heteroatoms. The minimum atomic E-state index is 0.552. The molecule has 0 spiro atoms. The highest BCUT2D eigenvalue weighted by atomic mass is 15.1. The molecule has 0 amide bonds. The van der Waals surface area contributed by atoms with Crippen LogP contribution in [-0.2, 0) is 0 Å². The second-order valence-corrected chi connectivity index (χ2v) is 5.47. The molecular formula is C15H24N2. The Morgan fingerprint density at radius 1 is 1.06 bits per heavy atom. The average Bonchev–Trinajstić information content (AvgIpc) is 2.33. The van der Waals surface area contributed by atoms with Crippen LogP contribution in [0, 0.1) is 5.92 Å². The summed E-state index contributed by atoms with van der Waals surface area (Å²) >= 11 is 0. The maximum Gasteiger partial charge on any atom is 0.0370 e. The molecule has 0 heterocycles. The van der Waals surface area contributed by atoms with Crippen molar-refractivity contribution in [3.63, 3.8) is 0 Å². The zero-order valence-electron chi connectivity index (χ0n) is 11.0. The standard InChI is InChI=1S/C15H24N2/c1-17(2)15(12-6-4-3-5-7-12)13-8-10-14(16)11-9-13/h8-12,15H,3-7,16H2,1-2H3. The molecule has 1 aromatic rings. The Bertz CT molecular complexity index is 336. The summed E-state index contributed by atoms with van der Waals surface area (Å²) in [4.78, 5) is 2.36. The second-order valence-electron chi connectivity index (χ2n) is 5.47. The molecule has 1 aliphatic rings. The highest BCUT2D eigenvalue weighted by Crippen LogP contribution is 2.37. The number of anilines is 1. The lowest BCUT2D eigenvalue weighted by Crippen LogP contribution is -2.28. The summed E-state index contributed by atoms with van der Waals surface area (Å²) in [6.45, 7) is 0. The van der Waals surface area contributed by atoms with E-state index in [0.717, 1.165) is 11.6 Å². The molecule has 0 bridgehead atoms.